The van der Waals surface area contributed by atoms with E-state index in [0.29, 0.717) is 5.82 Å². The van der Waals surface area contributed by atoms with Crippen molar-refractivity contribution in [2.75, 3.05) is 11.9 Å². The standard InChI is InChI=1S/C15H18N4O2/c1-10-5-11(2)7-12(6-10)13(20)8-17-15(21)19-14-3-4-16-9-18-14/h3-7,9,13,20H,8H2,1-2H3,(H2,16,17,18,19,21)/t13-/m0/s1. The molecule has 0 bridgehead atoms. The van der Waals surface area contributed by atoms with E-state index in [-0.39, 0.29) is 6.54 Å². The molecule has 1 aromatic heterocycles. The Kier molecular flexibility index (Phi) is 4.84. The highest BCUT2D eigenvalue weighted by Gasteiger charge is 2.10. The summed E-state index contributed by atoms with van der Waals surface area (Å²) in [5.74, 6) is 0.406. The minimum Gasteiger partial charge on any atom is -0.387 e. The van der Waals surface area contributed by atoms with Gasteiger partial charge in [-0.25, -0.2) is 14.8 Å². The summed E-state index contributed by atoms with van der Waals surface area (Å²) in [7, 11) is 0. The molecule has 1 atom stereocenters. The van der Waals surface area contributed by atoms with Crippen molar-refractivity contribution in [1.82, 2.24) is 15.3 Å². The Hall–Kier alpha value is -2.47. The van der Waals surface area contributed by atoms with Crippen LogP contribution in [-0.2, 0) is 0 Å². The summed E-state index contributed by atoms with van der Waals surface area (Å²) in [6.45, 7) is 4.07. The average molecular weight is 286 g/mol. The normalized spacial score (nSPS) is 11.8. The molecule has 0 aliphatic heterocycles. The van der Waals surface area contributed by atoms with Crippen molar-refractivity contribution in [3.8, 4) is 0 Å². The Labute approximate surface area is 123 Å². The third-order valence-corrected chi connectivity index (χ3v) is 2.91. The predicted octanol–water partition coefficient (Wildman–Crippen LogP) is 1.95. The first kappa shape index (κ1) is 14.9. The first-order valence-electron chi connectivity index (χ1n) is 6.62. The fourth-order valence-electron chi connectivity index (χ4n) is 2.03. The zero-order chi connectivity index (χ0) is 15.2. The first-order valence-corrected chi connectivity index (χ1v) is 6.62. The first-order chi connectivity index (χ1) is 10.0. The molecule has 21 heavy (non-hydrogen) atoms. The summed E-state index contributed by atoms with van der Waals surface area (Å²) < 4.78 is 0. The zero-order valence-corrected chi connectivity index (χ0v) is 12.0. The molecule has 1 aromatic carbocycles. The molecule has 3 N–H and O–H groups in total. The quantitative estimate of drug-likeness (QED) is 0.801. The van der Waals surface area contributed by atoms with Crippen molar-refractivity contribution in [2.24, 2.45) is 0 Å². The molecule has 0 radical (unpaired) electrons. The van der Waals surface area contributed by atoms with Gasteiger partial charge in [0.25, 0.3) is 0 Å². The lowest BCUT2D eigenvalue weighted by Gasteiger charge is -2.14. The van der Waals surface area contributed by atoms with Gasteiger partial charge in [0.2, 0.25) is 0 Å². The molecule has 1 heterocycles. The molecule has 0 saturated carbocycles. The Morgan fingerprint density at radius 1 is 1.29 bits per heavy atom. The van der Waals surface area contributed by atoms with E-state index in [4.69, 9.17) is 0 Å². The lowest BCUT2D eigenvalue weighted by Crippen LogP contribution is -2.32. The fourth-order valence-corrected chi connectivity index (χ4v) is 2.03. The number of hydrogen-bond acceptors (Lipinski definition) is 4. The summed E-state index contributed by atoms with van der Waals surface area (Å²) in [5.41, 5.74) is 2.94. The third kappa shape index (κ3) is 4.54. The van der Waals surface area contributed by atoms with E-state index < -0.39 is 12.1 Å². The van der Waals surface area contributed by atoms with Gasteiger partial charge in [0.1, 0.15) is 12.1 Å². The second-order valence-electron chi connectivity index (χ2n) is 4.87. The number of carbonyl (C=O) groups excluding carboxylic acids is 1. The smallest absolute Gasteiger partial charge is 0.320 e. The number of aliphatic hydroxyl groups is 1. The van der Waals surface area contributed by atoms with Gasteiger partial charge in [0, 0.05) is 12.7 Å². The van der Waals surface area contributed by atoms with Crippen LogP contribution in [-0.4, -0.2) is 27.7 Å². The summed E-state index contributed by atoms with van der Waals surface area (Å²) in [6, 6.07) is 7.01. The maximum atomic E-state index is 11.7. The molecule has 0 unspecified atom stereocenters. The van der Waals surface area contributed by atoms with E-state index in [2.05, 4.69) is 20.6 Å². The van der Waals surface area contributed by atoms with Crippen LogP contribution in [0.25, 0.3) is 0 Å². The van der Waals surface area contributed by atoms with Crippen molar-refractivity contribution in [3.05, 3.63) is 53.5 Å². The van der Waals surface area contributed by atoms with Crippen molar-refractivity contribution in [3.63, 3.8) is 0 Å². The van der Waals surface area contributed by atoms with Gasteiger partial charge in [-0.05, 0) is 25.5 Å². The molecule has 2 amide bonds. The molecular formula is C15H18N4O2. The van der Waals surface area contributed by atoms with Gasteiger partial charge in [-0.1, -0.05) is 29.3 Å². The largest absolute Gasteiger partial charge is 0.387 e. The van der Waals surface area contributed by atoms with Crippen LogP contribution in [0.3, 0.4) is 0 Å². The minimum absolute atomic E-state index is 0.125. The summed E-state index contributed by atoms with van der Waals surface area (Å²) in [5, 5.41) is 15.3. The Morgan fingerprint density at radius 2 is 2.00 bits per heavy atom. The monoisotopic (exact) mass is 286 g/mol. The molecule has 0 saturated heterocycles. The van der Waals surface area contributed by atoms with E-state index in [0.717, 1.165) is 16.7 Å². The predicted molar refractivity (Wildman–Crippen MR) is 79.9 cm³/mol. The van der Waals surface area contributed by atoms with Gasteiger partial charge >= 0.3 is 6.03 Å². The van der Waals surface area contributed by atoms with Crippen molar-refractivity contribution < 1.29 is 9.90 Å². The van der Waals surface area contributed by atoms with Crippen LogP contribution in [0.5, 0.6) is 0 Å². The second kappa shape index (κ2) is 6.81. The van der Waals surface area contributed by atoms with Crippen LogP contribution in [0, 0.1) is 13.8 Å². The average Bonchev–Trinajstić information content (AvgIpc) is 2.45. The highest BCUT2D eigenvalue weighted by molar-refractivity contribution is 5.88. The third-order valence-electron chi connectivity index (χ3n) is 2.91. The number of amides is 2. The molecule has 0 fully saturated rings. The van der Waals surface area contributed by atoms with Crippen LogP contribution in [0.15, 0.2) is 36.8 Å². The number of hydrogen-bond donors (Lipinski definition) is 3. The highest BCUT2D eigenvalue weighted by atomic mass is 16.3. The van der Waals surface area contributed by atoms with E-state index in [1.54, 1.807) is 6.07 Å². The molecule has 2 rings (SSSR count). The minimum atomic E-state index is -0.750. The Balaban J connectivity index is 1.88. The Morgan fingerprint density at radius 3 is 2.62 bits per heavy atom. The number of aliphatic hydroxyl groups excluding tert-OH is 1. The second-order valence-corrected chi connectivity index (χ2v) is 4.87. The molecule has 110 valence electrons. The number of rotatable bonds is 4. The maximum absolute atomic E-state index is 11.7. The maximum Gasteiger partial charge on any atom is 0.320 e. The lowest BCUT2D eigenvalue weighted by atomic mass is 10.0. The Bertz CT molecular complexity index is 596. The van der Waals surface area contributed by atoms with Gasteiger partial charge in [0.05, 0.1) is 6.10 Å². The zero-order valence-electron chi connectivity index (χ0n) is 12.0. The van der Waals surface area contributed by atoms with E-state index >= 15 is 0 Å². The molecular weight excluding hydrogens is 268 g/mol. The number of nitrogens with zero attached hydrogens (tertiary/aromatic N) is 2. The number of aryl methyl sites for hydroxylation is 2. The van der Waals surface area contributed by atoms with Gasteiger partial charge in [-0.15, -0.1) is 0 Å². The number of nitrogens with one attached hydrogen (secondary N) is 2. The molecule has 6 nitrogen and oxygen atoms in total. The van der Waals surface area contributed by atoms with Gasteiger partial charge < -0.3 is 10.4 Å². The van der Waals surface area contributed by atoms with Crippen LogP contribution in [0.2, 0.25) is 0 Å². The number of benzene rings is 1. The topological polar surface area (TPSA) is 87.1 Å². The van der Waals surface area contributed by atoms with Gasteiger partial charge in [-0.2, -0.15) is 0 Å². The molecule has 2 aromatic rings. The molecule has 6 heteroatoms. The van der Waals surface area contributed by atoms with E-state index in [1.165, 1.54) is 12.5 Å². The fraction of sp³-hybridized carbons (Fsp3) is 0.267. The van der Waals surface area contributed by atoms with Crippen molar-refractivity contribution in [1.29, 1.82) is 0 Å². The number of anilines is 1. The summed E-state index contributed by atoms with van der Waals surface area (Å²) in [6.07, 6.45) is 2.13. The van der Waals surface area contributed by atoms with Crippen molar-refractivity contribution >= 4 is 11.8 Å². The molecule has 0 aliphatic rings. The van der Waals surface area contributed by atoms with Crippen LogP contribution in [0.4, 0.5) is 10.6 Å². The van der Waals surface area contributed by atoms with Gasteiger partial charge in [-0.3, -0.25) is 5.32 Å². The van der Waals surface area contributed by atoms with Gasteiger partial charge in [0.15, 0.2) is 0 Å². The van der Waals surface area contributed by atoms with Crippen LogP contribution in [0.1, 0.15) is 22.8 Å². The SMILES string of the molecule is Cc1cc(C)cc([C@@H](O)CNC(=O)Nc2ccncn2)c1. The number of carbonyl (C=O) groups is 1. The van der Waals surface area contributed by atoms with Crippen LogP contribution >= 0.6 is 0 Å². The summed E-state index contributed by atoms with van der Waals surface area (Å²) in [4.78, 5) is 19.3. The number of urea groups is 1. The van der Waals surface area contributed by atoms with Crippen molar-refractivity contribution in [2.45, 2.75) is 20.0 Å². The highest BCUT2D eigenvalue weighted by Crippen LogP contribution is 2.16. The van der Waals surface area contributed by atoms with E-state index in [9.17, 15) is 9.90 Å². The molecule has 0 spiro atoms. The lowest BCUT2D eigenvalue weighted by molar-refractivity contribution is 0.175. The molecule has 0 aliphatic carbocycles. The van der Waals surface area contributed by atoms with E-state index in [1.807, 2.05) is 32.0 Å². The van der Waals surface area contributed by atoms with Crippen LogP contribution < -0.4 is 10.6 Å². The number of aromatic nitrogens is 2. The summed E-state index contributed by atoms with van der Waals surface area (Å²) >= 11 is 0.